The molecule has 0 unspecified atom stereocenters. The first kappa shape index (κ1) is 14.9. The van der Waals surface area contributed by atoms with Crippen molar-refractivity contribution < 1.29 is 9.32 Å². The lowest BCUT2D eigenvalue weighted by atomic mass is 10.0. The summed E-state index contributed by atoms with van der Waals surface area (Å²) in [6.45, 7) is 4.24. The number of anilines is 1. The third-order valence-electron chi connectivity index (χ3n) is 3.39. The Morgan fingerprint density at radius 1 is 1.09 bits per heavy atom. The van der Waals surface area contributed by atoms with Gasteiger partial charge in [-0.05, 0) is 35.7 Å². The van der Waals surface area contributed by atoms with Crippen molar-refractivity contribution in [3.63, 3.8) is 0 Å². The Labute approximate surface area is 133 Å². The Hall–Kier alpha value is -3.02. The zero-order valence-corrected chi connectivity index (χ0v) is 12.9. The first-order chi connectivity index (χ1) is 11.1. The van der Waals surface area contributed by atoms with Gasteiger partial charge in [0.2, 0.25) is 5.82 Å². The second kappa shape index (κ2) is 6.39. The van der Waals surface area contributed by atoms with Crippen LogP contribution >= 0.6 is 0 Å². The van der Waals surface area contributed by atoms with Crippen LogP contribution in [0.25, 0.3) is 11.4 Å². The van der Waals surface area contributed by atoms with Crippen molar-refractivity contribution in [1.82, 2.24) is 15.1 Å². The van der Waals surface area contributed by atoms with Crippen molar-refractivity contribution in [3.05, 3.63) is 60.2 Å². The van der Waals surface area contributed by atoms with Crippen molar-refractivity contribution in [3.8, 4) is 11.4 Å². The fraction of sp³-hybridized carbons (Fsp3) is 0.176. The lowest BCUT2D eigenvalue weighted by Gasteiger charge is -2.06. The van der Waals surface area contributed by atoms with Crippen molar-refractivity contribution in [2.24, 2.45) is 0 Å². The molecule has 0 saturated carbocycles. The van der Waals surface area contributed by atoms with Crippen LogP contribution in [0.4, 0.5) is 5.69 Å². The van der Waals surface area contributed by atoms with Crippen molar-refractivity contribution in [2.45, 2.75) is 19.8 Å². The minimum Gasteiger partial charge on any atom is -0.328 e. The number of rotatable bonds is 4. The highest BCUT2D eigenvalue weighted by Gasteiger charge is 2.16. The molecule has 0 spiro atoms. The number of carbonyl (C=O) groups is 1. The smallest absolute Gasteiger partial charge is 0.316 e. The second-order valence-electron chi connectivity index (χ2n) is 5.39. The number of carbonyl (C=O) groups excluding carboxylic acids is 1. The molecule has 3 aromatic rings. The topological polar surface area (TPSA) is 80.9 Å². The van der Waals surface area contributed by atoms with Crippen LogP contribution in [-0.2, 0) is 0 Å². The van der Waals surface area contributed by atoms with Crippen LogP contribution in [0.1, 0.15) is 36.0 Å². The summed E-state index contributed by atoms with van der Waals surface area (Å²) in [6, 6.07) is 11.2. The SMILES string of the molecule is CC(C)c1ccc(NC(=O)c2nc(-c3ccncc3)no2)cc1. The largest absolute Gasteiger partial charge is 0.328 e. The Morgan fingerprint density at radius 2 is 1.78 bits per heavy atom. The summed E-state index contributed by atoms with van der Waals surface area (Å²) in [6.07, 6.45) is 3.25. The van der Waals surface area contributed by atoms with Gasteiger partial charge in [0.05, 0.1) is 0 Å². The third-order valence-corrected chi connectivity index (χ3v) is 3.39. The zero-order valence-electron chi connectivity index (χ0n) is 12.9. The fourth-order valence-corrected chi connectivity index (χ4v) is 2.07. The lowest BCUT2D eigenvalue weighted by molar-refractivity contribution is 0.0981. The Kier molecular flexibility index (Phi) is 4.14. The monoisotopic (exact) mass is 308 g/mol. The number of pyridine rings is 1. The molecule has 0 atom stereocenters. The van der Waals surface area contributed by atoms with Crippen LogP contribution in [0.15, 0.2) is 53.3 Å². The molecule has 0 aliphatic rings. The van der Waals surface area contributed by atoms with E-state index >= 15 is 0 Å². The van der Waals surface area contributed by atoms with E-state index < -0.39 is 5.91 Å². The Balaban J connectivity index is 1.72. The van der Waals surface area contributed by atoms with E-state index in [-0.39, 0.29) is 5.89 Å². The van der Waals surface area contributed by atoms with Crippen molar-refractivity contribution >= 4 is 11.6 Å². The molecule has 0 saturated heterocycles. The van der Waals surface area contributed by atoms with Gasteiger partial charge < -0.3 is 9.84 Å². The van der Waals surface area contributed by atoms with Gasteiger partial charge in [0.25, 0.3) is 0 Å². The van der Waals surface area contributed by atoms with E-state index in [0.717, 1.165) is 5.56 Å². The number of nitrogens with one attached hydrogen (secondary N) is 1. The Morgan fingerprint density at radius 3 is 2.43 bits per heavy atom. The number of aromatic nitrogens is 3. The summed E-state index contributed by atoms with van der Waals surface area (Å²) < 4.78 is 5.02. The van der Waals surface area contributed by atoms with Crippen LogP contribution in [0, 0.1) is 0 Å². The lowest BCUT2D eigenvalue weighted by Crippen LogP contribution is -2.12. The van der Waals surface area contributed by atoms with Gasteiger partial charge in [-0.2, -0.15) is 4.98 Å². The predicted molar refractivity (Wildman–Crippen MR) is 86.0 cm³/mol. The average molecular weight is 308 g/mol. The molecule has 1 aromatic carbocycles. The molecule has 1 N–H and O–H groups in total. The highest BCUT2D eigenvalue weighted by molar-refractivity contribution is 6.01. The van der Waals surface area contributed by atoms with E-state index in [2.05, 4.69) is 34.3 Å². The molecule has 0 aliphatic carbocycles. The van der Waals surface area contributed by atoms with Gasteiger partial charge in [-0.1, -0.05) is 31.1 Å². The van der Waals surface area contributed by atoms with Crippen molar-refractivity contribution in [2.75, 3.05) is 5.32 Å². The van der Waals surface area contributed by atoms with Gasteiger partial charge in [-0.15, -0.1) is 0 Å². The zero-order chi connectivity index (χ0) is 16.2. The third kappa shape index (κ3) is 3.42. The molecule has 116 valence electrons. The summed E-state index contributed by atoms with van der Waals surface area (Å²) in [7, 11) is 0. The van der Waals surface area contributed by atoms with Crippen LogP contribution in [0.5, 0.6) is 0 Å². The maximum atomic E-state index is 12.2. The van der Waals surface area contributed by atoms with Gasteiger partial charge in [0.15, 0.2) is 0 Å². The number of amides is 1. The summed E-state index contributed by atoms with van der Waals surface area (Å²) in [5.74, 6) is 0.283. The van der Waals surface area contributed by atoms with Crippen LogP contribution < -0.4 is 5.32 Å². The summed E-state index contributed by atoms with van der Waals surface area (Å²) in [5.41, 5.74) is 2.63. The molecular formula is C17H16N4O2. The molecule has 6 heteroatoms. The first-order valence-electron chi connectivity index (χ1n) is 7.29. The highest BCUT2D eigenvalue weighted by atomic mass is 16.5. The summed E-state index contributed by atoms with van der Waals surface area (Å²) >= 11 is 0. The molecule has 1 amide bonds. The first-order valence-corrected chi connectivity index (χ1v) is 7.29. The maximum Gasteiger partial charge on any atom is 0.316 e. The van der Waals surface area contributed by atoms with E-state index in [1.54, 1.807) is 24.5 Å². The molecule has 0 radical (unpaired) electrons. The second-order valence-corrected chi connectivity index (χ2v) is 5.39. The molecule has 23 heavy (non-hydrogen) atoms. The molecular weight excluding hydrogens is 292 g/mol. The summed E-state index contributed by atoms with van der Waals surface area (Å²) in [4.78, 5) is 20.2. The predicted octanol–water partition coefficient (Wildman–Crippen LogP) is 3.51. The quantitative estimate of drug-likeness (QED) is 0.797. The molecule has 3 rings (SSSR count). The van der Waals surface area contributed by atoms with Crippen molar-refractivity contribution in [1.29, 1.82) is 0 Å². The number of nitrogens with zero attached hydrogens (tertiary/aromatic N) is 3. The number of hydrogen-bond acceptors (Lipinski definition) is 5. The summed E-state index contributed by atoms with van der Waals surface area (Å²) in [5, 5.41) is 6.55. The standard InChI is InChI=1S/C17H16N4O2/c1-11(2)12-3-5-14(6-4-12)19-16(22)17-20-15(21-23-17)13-7-9-18-10-8-13/h3-11H,1-2H3,(H,19,22). The van der Waals surface area contributed by atoms with Gasteiger partial charge in [0.1, 0.15) is 0 Å². The molecule has 2 aromatic heterocycles. The maximum absolute atomic E-state index is 12.2. The van der Waals surface area contributed by atoms with E-state index in [4.69, 9.17) is 4.52 Å². The van der Waals surface area contributed by atoms with Crippen LogP contribution in [0.3, 0.4) is 0 Å². The highest BCUT2D eigenvalue weighted by Crippen LogP contribution is 2.18. The van der Waals surface area contributed by atoms with Crippen LogP contribution in [0.2, 0.25) is 0 Å². The number of benzene rings is 1. The average Bonchev–Trinajstić information content (AvgIpc) is 3.06. The van der Waals surface area contributed by atoms with E-state index in [1.165, 1.54) is 5.56 Å². The molecule has 2 heterocycles. The van der Waals surface area contributed by atoms with E-state index in [1.807, 2.05) is 24.3 Å². The molecule has 6 nitrogen and oxygen atoms in total. The van der Waals surface area contributed by atoms with Gasteiger partial charge in [-0.25, -0.2) is 0 Å². The van der Waals surface area contributed by atoms with E-state index in [9.17, 15) is 4.79 Å². The van der Waals surface area contributed by atoms with Gasteiger partial charge >= 0.3 is 11.8 Å². The molecule has 0 fully saturated rings. The fourth-order valence-electron chi connectivity index (χ4n) is 2.07. The Bertz CT molecular complexity index is 795. The minimum atomic E-state index is -0.435. The molecule has 0 bridgehead atoms. The van der Waals surface area contributed by atoms with Crippen LogP contribution in [-0.4, -0.2) is 21.0 Å². The van der Waals surface area contributed by atoms with Gasteiger partial charge in [0, 0.05) is 23.6 Å². The minimum absolute atomic E-state index is 0.0789. The number of hydrogen-bond donors (Lipinski definition) is 1. The normalized spacial score (nSPS) is 10.7. The van der Waals surface area contributed by atoms with Gasteiger partial charge in [-0.3, -0.25) is 9.78 Å². The van der Waals surface area contributed by atoms with E-state index in [0.29, 0.717) is 17.4 Å². The molecule has 0 aliphatic heterocycles.